The minimum absolute atomic E-state index is 0.617. The van der Waals surface area contributed by atoms with Crippen molar-refractivity contribution in [1.29, 1.82) is 0 Å². The predicted octanol–water partition coefficient (Wildman–Crippen LogP) is 4.07. The highest BCUT2D eigenvalue weighted by atomic mass is 32.1. The molecule has 0 radical (unpaired) electrons. The third-order valence-electron chi connectivity index (χ3n) is 3.88. The summed E-state index contributed by atoms with van der Waals surface area (Å²) in [6, 6.07) is 14.2. The van der Waals surface area contributed by atoms with Gasteiger partial charge in [-0.05, 0) is 24.6 Å². The van der Waals surface area contributed by atoms with E-state index in [1.165, 1.54) is 22.7 Å². The molecule has 130 valence electrons. The molecule has 1 heterocycles. The highest BCUT2D eigenvalue weighted by Gasteiger charge is 2.08. The summed E-state index contributed by atoms with van der Waals surface area (Å²) >= 11 is 1.37. The van der Waals surface area contributed by atoms with Crippen molar-refractivity contribution < 1.29 is 9.47 Å². The van der Waals surface area contributed by atoms with Gasteiger partial charge in [0.25, 0.3) is 0 Å². The minimum atomic E-state index is 0.617. The summed E-state index contributed by atoms with van der Waals surface area (Å²) in [4.78, 5) is 4.56. The van der Waals surface area contributed by atoms with Crippen molar-refractivity contribution in [3.05, 3.63) is 65.0 Å². The second-order valence-electron chi connectivity index (χ2n) is 5.71. The van der Waals surface area contributed by atoms with Crippen molar-refractivity contribution in [1.82, 2.24) is 9.36 Å². The summed E-state index contributed by atoms with van der Waals surface area (Å²) in [5.41, 5.74) is 3.51. The average Bonchev–Trinajstić information content (AvgIpc) is 3.09. The largest absolute Gasteiger partial charge is 0.497 e. The Balaban J connectivity index is 1.63. The summed E-state index contributed by atoms with van der Waals surface area (Å²) < 4.78 is 15.1. The molecule has 3 rings (SSSR count). The van der Waals surface area contributed by atoms with Gasteiger partial charge in [-0.2, -0.15) is 4.37 Å². The Morgan fingerprint density at radius 1 is 1.04 bits per heavy atom. The van der Waals surface area contributed by atoms with E-state index in [1.54, 1.807) is 14.2 Å². The lowest BCUT2D eigenvalue weighted by atomic mass is 10.1. The zero-order valence-electron chi connectivity index (χ0n) is 14.6. The third-order valence-corrected chi connectivity index (χ3v) is 4.59. The topological polar surface area (TPSA) is 56.3 Å². The molecule has 3 aromatic rings. The number of ether oxygens (including phenoxy) is 2. The number of nitrogens with one attached hydrogen (secondary N) is 1. The lowest BCUT2D eigenvalue weighted by Gasteiger charge is -2.10. The number of aromatic nitrogens is 2. The molecule has 6 heteroatoms. The van der Waals surface area contributed by atoms with Gasteiger partial charge in [0.1, 0.15) is 17.3 Å². The van der Waals surface area contributed by atoms with E-state index in [4.69, 9.17) is 9.47 Å². The Bertz CT molecular complexity index is 831. The number of nitrogens with zero attached hydrogens (tertiary/aromatic N) is 2. The zero-order chi connectivity index (χ0) is 17.6. The SMILES string of the molecule is COc1ccc(CNc2nc(Cc3ccc(C)cc3)ns2)c(OC)c1. The van der Waals surface area contributed by atoms with Crippen LogP contribution in [0.3, 0.4) is 0 Å². The fourth-order valence-corrected chi connectivity index (χ4v) is 3.03. The van der Waals surface area contributed by atoms with Gasteiger partial charge in [-0.25, -0.2) is 4.98 Å². The summed E-state index contributed by atoms with van der Waals surface area (Å²) in [5, 5.41) is 4.12. The Morgan fingerprint density at radius 2 is 1.84 bits per heavy atom. The molecule has 0 atom stereocenters. The first-order valence-electron chi connectivity index (χ1n) is 8.01. The number of hydrogen-bond donors (Lipinski definition) is 1. The van der Waals surface area contributed by atoms with Crippen LogP contribution in [-0.2, 0) is 13.0 Å². The molecular weight excluding hydrogens is 334 g/mol. The normalized spacial score (nSPS) is 10.5. The number of aryl methyl sites for hydroxylation is 1. The standard InChI is InChI=1S/C19H21N3O2S/c1-13-4-6-14(7-5-13)10-18-21-19(25-22-18)20-12-15-8-9-16(23-2)11-17(15)24-3/h4-9,11H,10,12H2,1-3H3,(H,20,21,22). The van der Waals surface area contributed by atoms with E-state index in [2.05, 4.69) is 45.9 Å². The first-order chi connectivity index (χ1) is 12.2. The molecule has 0 bridgehead atoms. The van der Waals surface area contributed by atoms with E-state index in [1.807, 2.05) is 18.2 Å². The summed E-state index contributed by atoms with van der Waals surface area (Å²) in [6.07, 6.45) is 0.740. The van der Waals surface area contributed by atoms with E-state index >= 15 is 0 Å². The second-order valence-corrected chi connectivity index (χ2v) is 6.46. The van der Waals surface area contributed by atoms with E-state index in [0.29, 0.717) is 6.54 Å². The van der Waals surface area contributed by atoms with E-state index in [-0.39, 0.29) is 0 Å². The molecule has 0 aliphatic carbocycles. The number of methoxy groups -OCH3 is 2. The summed E-state index contributed by atoms with van der Waals surface area (Å²) in [6.45, 7) is 2.70. The molecule has 1 aromatic heterocycles. The maximum absolute atomic E-state index is 5.42. The van der Waals surface area contributed by atoms with Crippen molar-refractivity contribution in [3.63, 3.8) is 0 Å². The van der Waals surface area contributed by atoms with Gasteiger partial charge in [0.05, 0.1) is 14.2 Å². The number of hydrogen-bond acceptors (Lipinski definition) is 6. The number of anilines is 1. The molecule has 5 nitrogen and oxygen atoms in total. The molecule has 0 unspecified atom stereocenters. The van der Waals surface area contributed by atoms with Crippen LogP contribution in [0.5, 0.6) is 11.5 Å². The van der Waals surface area contributed by atoms with Crippen LogP contribution in [0.4, 0.5) is 5.13 Å². The lowest BCUT2D eigenvalue weighted by Crippen LogP contribution is -2.02. The fraction of sp³-hybridized carbons (Fsp3) is 0.263. The van der Waals surface area contributed by atoms with E-state index in [0.717, 1.165) is 34.4 Å². The molecule has 0 amide bonds. The second kappa shape index (κ2) is 7.98. The van der Waals surface area contributed by atoms with Crippen molar-refractivity contribution in [2.24, 2.45) is 0 Å². The van der Waals surface area contributed by atoms with Crippen molar-refractivity contribution in [2.75, 3.05) is 19.5 Å². The smallest absolute Gasteiger partial charge is 0.202 e. The summed E-state index contributed by atoms with van der Waals surface area (Å²) in [7, 11) is 3.30. The van der Waals surface area contributed by atoms with Gasteiger partial charge in [-0.1, -0.05) is 29.8 Å². The molecule has 1 N–H and O–H groups in total. The third kappa shape index (κ3) is 4.48. The van der Waals surface area contributed by atoms with Crippen LogP contribution >= 0.6 is 11.5 Å². The van der Waals surface area contributed by atoms with E-state index < -0.39 is 0 Å². The number of benzene rings is 2. The van der Waals surface area contributed by atoms with Crippen molar-refractivity contribution in [3.8, 4) is 11.5 Å². The number of rotatable bonds is 7. The maximum atomic E-state index is 5.42. The Morgan fingerprint density at radius 3 is 2.56 bits per heavy atom. The predicted molar refractivity (Wildman–Crippen MR) is 101 cm³/mol. The molecule has 2 aromatic carbocycles. The van der Waals surface area contributed by atoms with E-state index in [9.17, 15) is 0 Å². The van der Waals surface area contributed by atoms with Crippen molar-refractivity contribution >= 4 is 16.7 Å². The lowest BCUT2D eigenvalue weighted by molar-refractivity contribution is 0.391. The molecule has 0 fully saturated rings. The van der Waals surface area contributed by atoms with Crippen LogP contribution in [0.15, 0.2) is 42.5 Å². The van der Waals surface area contributed by atoms with Crippen LogP contribution in [0.1, 0.15) is 22.5 Å². The van der Waals surface area contributed by atoms with Crippen LogP contribution < -0.4 is 14.8 Å². The Kier molecular flexibility index (Phi) is 5.50. The summed E-state index contributed by atoms with van der Waals surface area (Å²) in [5.74, 6) is 2.39. The minimum Gasteiger partial charge on any atom is -0.497 e. The van der Waals surface area contributed by atoms with Crippen LogP contribution in [0.25, 0.3) is 0 Å². The molecule has 0 saturated heterocycles. The Labute approximate surface area is 151 Å². The first kappa shape index (κ1) is 17.2. The average molecular weight is 355 g/mol. The molecule has 0 spiro atoms. The van der Waals surface area contributed by atoms with Gasteiger partial charge in [0.15, 0.2) is 0 Å². The van der Waals surface area contributed by atoms with Crippen LogP contribution in [-0.4, -0.2) is 23.6 Å². The molecule has 0 saturated carbocycles. The van der Waals surface area contributed by atoms with Crippen LogP contribution in [0.2, 0.25) is 0 Å². The highest BCUT2D eigenvalue weighted by Crippen LogP contribution is 2.25. The van der Waals surface area contributed by atoms with Gasteiger partial charge < -0.3 is 14.8 Å². The molecule has 0 aliphatic rings. The van der Waals surface area contributed by atoms with Crippen LogP contribution in [0, 0.1) is 6.92 Å². The van der Waals surface area contributed by atoms with Gasteiger partial charge in [0, 0.05) is 36.1 Å². The quantitative estimate of drug-likeness (QED) is 0.692. The monoisotopic (exact) mass is 355 g/mol. The fourth-order valence-electron chi connectivity index (χ4n) is 2.45. The first-order valence-corrected chi connectivity index (χ1v) is 8.78. The molecule has 0 aliphatic heterocycles. The van der Waals surface area contributed by atoms with Crippen molar-refractivity contribution in [2.45, 2.75) is 19.9 Å². The van der Waals surface area contributed by atoms with Gasteiger partial charge >= 0.3 is 0 Å². The maximum Gasteiger partial charge on any atom is 0.202 e. The highest BCUT2D eigenvalue weighted by molar-refractivity contribution is 7.09. The molecule has 25 heavy (non-hydrogen) atoms. The Hall–Kier alpha value is -2.60. The zero-order valence-corrected chi connectivity index (χ0v) is 15.4. The van der Waals surface area contributed by atoms with Gasteiger partial charge in [-0.3, -0.25) is 0 Å². The van der Waals surface area contributed by atoms with Gasteiger partial charge in [-0.15, -0.1) is 0 Å². The molecular formula is C19H21N3O2S. The van der Waals surface area contributed by atoms with Gasteiger partial charge in [0.2, 0.25) is 5.13 Å².